The molecule has 0 aromatic heterocycles. The van der Waals surface area contributed by atoms with Gasteiger partial charge in [-0.15, -0.1) is 0 Å². The molecule has 164 valence electrons. The number of hydrogen-bond acceptors (Lipinski definition) is 6. The molecule has 0 saturated heterocycles. The van der Waals surface area contributed by atoms with Crippen LogP contribution in [0.4, 0.5) is 0 Å². The van der Waals surface area contributed by atoms with Gasteiger partial charge in [0.1, 0.15) is 0 Å². The quantitative estimate of drug-likeness (QED) is 0.362. The average Bonchev–Trinajstić information content (AvgIpc) is 2.78. The van der Waals surface area contributed by atoms with Crippen molar-refractivity contribution in [1.82, 2.24) is 0 Å². The smallest absolute Gasteiger partial charge is 0.333 e. The molecular weight excluding hydrogens is 408 g/mol. The van der Waals surface area contributed by atoms with Crippen LogP contribution in [0.3, 0.4) is 0 Å². The van der Waals surface area contributed by atoms with Crippen molar-refractivity contribution in [1.29, 1.82) is 0 Å². The number of esters is 2. The van der Waals surface area contributed by atoms with Crippen molar-refractivity contribution in [3.63, 3.8) is 0 Å². The predicted octanol–water partition coefficient (Wildman–Crippen LogP) is 1.63. The van der Waals surface area contributed by atoms with Gasteiger partial charge >= 0.3 is 11.9 Å². The Labute approximate surface area is 185 Å². The first-order valence-electron chi connectivity index (χ1n) is 10.5. The SMILES string of the molecule is CCOC(=O)C1(C(=O)OCC)C=c2ccccc2=C(c2cccc3ccccc23)C1(O)O. The Morgan fingerprint density at radius 1 is 0.812 bits per heavy atom. The zero-order chi connectivity index (χ0) is 22.9. The van der Waals surface area contributed by atoms with Crippen molar-refractivity contribution in [2.24, 2.45) is 5.41 Å². The van der Waals surface area contributed by atoms with Gasteiger partial charge in [0.25, 0.3) is 0 Å². The van der Waals surface area contributed by atoms with Gasteiger partial charge in [0.05, 0.1) is 13.2 Å². The molecule has 0 spiro atoms. The van der Waals surface area contributed by atoms with Gasteiger partial charge < -0.3 is 19.7 Å². The van der Waals surface area contributed by atoms with Crippen molar-refractivity contribution >= 4 is 34.4 Å². The lowest BCUT2D eigenvalue weighted by Gasteiger charge is -2.41. The number of ether oxygens (including phenoxy) is 2. The number of benzene rings is 3. The molecule has 0 amide bonds. The molecule has 2 N–H and O–H groups in total. The molecule has 1 aliphatic rings. The molecule has 0 heterocycles. The van der Waals surface area contributed by atoms with Crippen molar-refractivity contribution in [3.8, 4) is 0 Å². The molecule has 0 saturated carbocycles. The van der Waals surface area contributed by atoms with E-state index < -0.39 is 23.1 Å². The molecule has 0 radical (unpaired) electrons. The second kappa shape index (κ2) is 8.22. The minimum Gasteiger partial charge on any atom is -0.465 e. The van der Waals surface area contributed by atoms with E-state index in [0.717, 1.165) is 10.8 Å². The van der Waals surface area contributed by atoms with Gasteiger partial charge in [-0.1, -0.05) is 66.7 Å². The molecule has 1 aliphatic carbocycles. The number of carbonyl (C=O) groups excluding carboxylic acids is 2. The Bertz CT molecular complexity index is 1300. The molecule has 0 atom stereocenters. The highest BCUT2D eigenvalue weighted by Crippen LogP contribution is 2.45. The van der Waals surface area contributed by atoms with E-state index in [0.29, 0.717) is 16.0 Å². The Morgan fingerprint density at radius 2 is 1.41 bits per heavy atom. The van der Waals surface area contributed by atoms with E-state index in [1.165, 1.54) is 6.08 Å². The summed E-state index contributed by atoms with van der Waals surface area (Å²) in [6.07, 6.45) is 1.24. The summed E-state index contributed by atoms with van der Waals surface area (Å²) < 4.78 is 10.3. The van der Waals surface area contributed by atoms with Crippen molar-refractivity contribution in [3.05, 3.63) is 82.7 Å². The molecular formula is C26H24O6. The van der Waals surface area contributed by atoms with E-state index in [9.17, 15) is 19.8 Å². The number of carbonyl (C=O) groups is 2. The second-order valence-electron chi connectivity index (χ2n) is 7.55. The van der Waals surface area contributed by atoms with Crippen LogP contribution in [0, 0.1) is 5.41 Å². The van der Waals surface area contributed by atoms with Gasteiger partial charge in [-0.3, -0.25) is 9.59 Å². The molecule has 3 aromatic carbocycles. The van der Waals surface area contributed by atoms with Gasteiger partial charge in [-0.2, -0.15) is 0 Å². The van der Waals surface area contributed by atoms with Gasteiger partial charge in [-0.25, -0.2) is 0 Å². The molecule has 0 aliphatic heterocycles. The summed E-state index contributed by atoms with van der Waals surface area (Å²) in [6.45, 7) is 3.07. The normalized spacial score (nSPS) is 16.1. The fourth-order valence-corrected chi connectivity index (χ4v) is 4.32. The zero-order valence-electron chi connectivity index (χ0n) is 17.9. The van der Waals surface area contributed by atoms with Gasteiger partial charge in [0.15, 0.2) is 0 Å². The number of aliphatic hydroxyl groups is 2. The van der Waals surface area contributed by atoms with Gasteiger partial charge in [-0.05, 0) is 46.7 Å². The average molecular weight is 432 g/mol. The summed E-state index contributed by atoms with van der Waals surface area (Å²) in [6, 6.07) is 19.9. The zero-order valence-corrected chi connectivity index (χ0v) is 17.9. The third kappa shape index (κ3) is 3.11. The van der Waals surface area contributed by atoms with Crippen LogP contribution in [0.15, 0.2) is 66.7 Å². The number of hydrogen-bond donors (Lipinski definition) is 2. The Kier molecular flexibility index (Phi) is 5.59. The number of rotatable bonds is 5. The third-order valence-corrected chi connectivity index (χ3v) is 5.75. The Balaban J connectivity index is 2.16. The fourth-order valence-electron chi connectivity index (χ4n) is 4.32. The molecule has 6 heteroatoms. The highest BCUT2D eigenvalue weighted by atomic mass is 16.6. The lowest BCUT2D eigenvalue weighted by atomic mass is 9.69. The van der Waals surface area contributed by atoms with Crippen LogP contribution in [0.5, 0.6) is 0 Å². The molecule has 3 aromatic rings. The summed E-state index contributed by atoms with van der Waals surface area (Å²) in [4.78, 5) is 26.4. The van der Waals surface area contributed by atoms with E-state index in [4.69, 9.17) is 9.47 Å². The molecule has 32 heavy (non-hydrogen) atoms. The highest BCUT2D eigenvalue weighted by molar-refractivity contribution is 6.12. The summed E-state index contributed by atoms with van der Waals surface area (Å²) >= 11 is 0. The Morgan fingerprint density at radius 3 is 2.09 bits per heavy atom. The Hall–Kier alpha value is -3.48. The summed E-state index contributed by atoms with van der Waals surface area (Å²) in [5.41, 5.74) is -1.97. The summed E-state index contributed by atoms with van der Waals surface area (Å²) in [5.74, 6) is -5.12. The molecule has 0 unspecified atom stereocenters. The maximum absolute atomic E-state index is 13.2. The molecule has 6 nitrogen and oxygen atoms in total. The van der Waals surface area contributed by atoms with Crippen LogP contribution in [-0.4, -0.2) is 41.2 Å². The monoisotopic (exact) mass is 432 g/mol. The van der Waals surface area contributed by atoms with Crippen LogP contribution < -0.4 is 10.4 Å². The first-order valence-corrected chi connectivity index (χ1v) is 10.5. The van der Waals surface area contributed by atoms with Crippen LogP contribution >= 0.6 is 0 Å². The van der Waals surface area contributed by atoms with E-state index in [1.54, 1.807) is 50.2 Å². The lowest BCUT2D eigenvalue weighted by molar-refractivity contribution is -0.212. The fraction of sp³-hybridized carbons (Fsp3) is 0.231. The maximum atomic E-state index is 13.2. The standard InChI is InChI=1S/C26H24O6/c1-3-31-23(27)25(24(28)32-4-2)16-18-11-6-8-14-20(18)22(26(25,29)30)21-15-9-12-17-10-5-7-13-19(17)21/h5-16,29-30H,3-4H2,1-2H3. The van der Waals surface area contributed by atoms with Crippen LogP contribution in [0.1, 0.15) is 19.4 Å². The molecule has 0 fully saturated rings. The van der Waals surface area contributed by atoms with Crippen molar-refractivity contribution in [2.75, 3.05) is 13.2 Å². The van der Waals surface area contributed by atoms with Gasteiger partial charge in [0, 0.05) is 5.57 Å². The van der Waals surface area contributed by atoms with E-state index in [-0.39, 0.29) is 18.8 Å². The summed E-state index contributed by atoms with van der Waals surface area (Å²) in [5, 5.41) is 26.0. The topological polar surface area (TPSA) is 93.1 Å². The first-order chi connectivity index (χ1) is 15.4. The third-order valence-electron chi connectivity index (χ3n) is 5.75. The highest BCUT2D eigenvalue weighted by Gasteiger charge is 2.65. The lowest BCUT2D eigenvalue weighted by Crippen LogP contribution is -2.63. The minimum atomic E-state index is -2.94. The second-order valence-corrected chi connectivity index (χ2v) is 7.55. The van der Waals surface area contributed by atoms with Crippen LogP contribution in [-0.2, 0) is 19.1 Å². The maximum Gasteiger partial charge on any atom is 0.333 e. The number of fused-ring (bicyclic) bond motifs is 2. The van der Waals surface area contributed by atoms with Crippen molar-refractivity contribution in [2.45, 2.75) is 19.6 Å². The van der Waals surface area contributed by atoms with E-state index >= 15 is 0 Å². The predicted molar refractivity (Wildman–Crippen MR) is 119 cm³/mol. The van der Waals surface area contributed by atoms with E-state index in [1.807, 2.05) is 30.3 Å². The largest absolute Gasteiger partial charge is 0.465 e. The molecule has 4 rings (SSSR count). The van der Waals surface area contributed by atoms with Gasteiger partial charge in [0.2, 0.25) is 11.2 Å². The summed E-state index contributed by atoms with van der Waals surface area (Å²) in [7, 11) is 0. The van der Waals surface area contributed by atoms with Crippen LogP contribution in [0.25, 0.3) is 22.4 Å². The minimum absolute atomic E-state index is 0.0357. The van der Waals surface area contributed by atoms with Crippen LogP contribution in [0.2, 0.25) is 0 Å². The van der Waals surface area contributed by atoms with E-state index in [2.05, 4.69) is 0 Å². The van der Waals surface area contributed by atoms with Crippen molar-refractivity contribution < 1.29 is 29.3 Å². The molecule has 0 bridgehead atoms. The first kappa shape index (κ1) is 21.7.